The summed E-state index contributed by atoms with van der Waals surface area (Å²) in [7, 11) is 0. The molecule has 0 saturated heterocycles. The zero-order valence-electron chi connectivity index (χ0n) is 20.5. The molecule has 0 fully saturated rings. The van der Waals surface area contributed by atoms with Crippen molar-refractivity contribution in [2.45, 2.75) is 66.8 Å². The lowest BCUT2D eigenvalue weighted by Gasteiger charge is -2.22. The first-order valence-corrected chi connectivity index (χ1v) is 12.2. The molecule has 0 radical (unpaired) electrons. The summed E-state index contributed by atoms with van der Waals surface area (Å²) in [6.45, 7) is 14.8. The van der Waals surface area contributed by atoms with Gasteiger partial charge in [0.15, 0.2) is 0 Å². The number of hydrogen-bond acceptors (Lipinski definition) is 2. The van der Waals surface area contributed by atoms with Crippen molar-refractivity contribution >= 4 is 27.5 Å². The normalized spacial score (nSPS) is 11.3. The minimum atomic E-state index is -0.369. The van der Waals surface area contributed by atoms with Crippen LogP contribution in [0.1, 0.15) is 83.5 Å². The number of aromatic nitrogens is 1. The predicted molar refractivity (Wildman–Crippen MR) is 141 cm³/mol. The van der Waals surface area contributed by atoms with E-state index in [1.165, 1.54) is 5.56 Å². The van der Waals surface area contributed by atoms with Gasteiger partial charge in [-0.05, 0) is 65.2 Å². The van der Waals surface area contributed by atoms with Gasteiger partial charge in [0.25, 0.3) is 5.91 Å². The quantitative estimate of drug-likeness (QED) is 0.386. The van der Waals surface area contributed by atoms with E-state index in [1.54, 1.807) is 0 Å². The largest absolute Gasteiger partial charge is 0.343 e. The molecule has 0 aliphatic carbocycles. The standard InChI is InChI=1S/C28H33BrN2O2/c1-16(2)22-12-9-13-23(17(3)4)26(22)30-28(33)24-19(6)31(20(7)25(29)27(24)32)15-21-11-8-10-18(5)14-21/h8-14,16-17H,15H2,1-7H3,(H,30,33). The third kappa shape index (κ3) is 5.14. The van der Waals surface area contributed by atoms with Crippen molar-refractivity contribution in [3.8, 4) is 0 Å². The van der Waals surface area contributed by atoms with Crippen LogP contribution in [0.4, 0.5) is 5.69 Å². The summed E-state index contributed by atoms with van der Waals surface area (Å²) in [5, 5.41) is 3.11. The SMILES string of the molecule is Cc1cccc(Cn2c(C)c(Br)c(=O)c(C(=O)Nc3c(C(C)C)cccc3C(C)C)c2C)c1. The van der Waals surface area contributed by atoms with E-state index in [9.17, 15) is 9.59 Å². The predicted octanol–water partition coefficient (Wildman–Crippen LogP) is 7.08. The van der Waals surface area contributed by atoms with Crippen molar-refractivity contribution in [3.63, 3.8) is 0 Å². The fourth-order valence-corrected chi connectivity index (χ4v) is 4.72. The molecule has 1 amide bonds. The highest BCUT2D eigenvalue weighted by Crippen LogP contribution is 2.33. The Bertz CT molecular complexity index is 1230. The fraction of sp³-hybridized carbons (Fsp3) is 0.357. The van der Waals surface area contributed by atoms with Gasteiger partial charge >= 0.3 is 0 Å². The number of aryl methyl sites for hydroxylation is 1. The molecule has 2 aromatic carbocycles. The molecule has 0 spiro atoms. The maximum Gasteiger partial charge on any atom is 0.261 e. The molecule has 3 rings (SSSR count). The van der Waals surface area contributed by atoms with Crippen LogP contribution in [-0.2, 0) is 6.54 Å². The van der Waals surface area contributed by atoms with Crippen LogP contribution in [0, 0.1) is 20.8 Å². The van der Waals surface area contributed by atoms with Gasteiger partial charge in [-0.3, -0.25) is 9.59 Å². The van der Waals surface area contributed by atoms with Gasteiger partial charge in [0.05, 0.1) is 4.47 Å². The Balaban J connectivity index is 2.12. The summed E-state index contributed by atoms with van der Waals surface area (Å²) >= 11 is 3.46. The van der Waals surface area contributed by atoms with Gasteiger partial charge in [-0.25, -0.2) is 0 Å². The number of carbonyl (C=O) groups is 1. The molecule has 0 atom stereocenters. The van der Waals surface area contributed by atoms with E-state index in [2.05, 4.69) is 74.1 Å². The molecule has 5 heteroatoms. The number of nitrogens with zero attached hydrogens (tertiary/aromatic N) is 1. The highest BCUT2D eigenvalue weighted by molar-refractivity contribution is 9.10. The van der Waals surface area contributed by atoms with E-state index < -0.39 is 0 Å². The Kier molecular flexibility index (Phi) is 7.63. The Morgan fingerprint density at radius 3 is 2.06 bits per heavy atom. The number of anilines is 1. The van der Waals surface area contributed by atoms with Crippen molar-refractivity contribution < 1.29 is 4.79 Å². The van der Waals surface area contributed by atoms with Gasteiger partial charge in [-0.1, -0.05) is 75.7 Å². The summed E-state index contributed by atoms with van der Waals surface area (Å²) in [4.78, 5) is 26.8. The Morgan fingerprint density at radius 2 is 1.52 bits per heavy atom. The lowest BCUT2D eigenvalue weighted by Crippen LogP contribution is -2.29. The molecule has 174 valence electrons. The van der Waals surface area contributed by atoms with Crippen molar-refractivity contribution in [1.29, 1.82) is 0 Å². The number of nitrogens with one attached hydrogen (secondary N) is 1. The highest BCUT2D eigenvalue weighted by atomic mass is 79.9. The third-order valence-electron chi connectivity index (χ3n) is 6.18. The van der Waals surface area contributed by atoms with Gasteiger partial charge < -0.3 is 9.88 Å². The second kappa shape index (κ2) is 10.1. The van der Waals surface area contributed by atoms with Crippen LogP contribution >= 0.6 is 15.9 Å². The van der Waals surface area contributed by atoms with Crippen LogP contribution in [0.2, 0.25) is 0 Å². The number of pyridine rings is 1. The average molecular weight is 509 g/mol. The summed E-state index contributed by atoms with van der Waals surface area (Å²) in [6, 6.07) is 14.4. The van der Waals surface area contributed by atoms with Crippen LogP contribution < -0.4 is 10.7 Å². The molecule has 1 heterocycles. The van der Waals surface area contributed by atoms with E-state index in [1.807, 2.05) is 42.7 Å². The van der Waals surface area contributed by atoms with E-state index >= 15 is 0 Å². The minimum absolute atomic E-state index is 0.174. The topological polar surface area (TPSA) is 51.1 Å². The second-order valence-electron chi connectivity index (χ2n) is 9.34. The monoisotopic (exact) mass is 508 g/mol. The number of carbonyl (C=O) groups excluding carboxylic acids is 1. The smallest absolute Gasteiger partial charge is 0.261 e. The maximum absolute atomic E-state index is 13.6. The van der Waals surface area contributed by atoms with Crippen molar-refractivity contribution in [2.24, 2.45) is 0 Å². The molecule has 3 aromatic rings. The minimum Gasteiger partial charge on any atom is -0.343 e. The number of rotatable bonds is 6. The van der Waals surface area contributed by atoms with Crippen LogP contribution in [0.3, 0.4) is 0 Å². The molecule has 4 nitrogen and oxygen atoms in total. The molecule has 1 N–H and O–H groups in total. The number of para-hydroxylation sites is 1. The zero-order valence-corrected chi connectivity index (χ0v) is 22.1. The fourth-order valence-electron chi connectivity index (χ4n) is 4.31. The zero-order chi connectivity index (χ0) is 24.4. The molecule has 0 bridgehead atoms. The number of amides is 1. The Hall–Kier alpha value is -2.66. The Morgan fingerprint density at radius 1 is 0.939 bits per heavy atom. The van der Waals surface area contributed by atoms with Crippen LogP contribution in [0.15, 0.2) is 51.7 Å². The van der Waals surface area contributed by atoms with Gasteiger partial charge in [-0.15, -0.1) is 0 Å². The average Bonchev–Trinajstić information content (AvgIpc) is 2.75. The van der Waals surface area contributed by atoms with Crippen molar-refractivity contribution in [1.82, 2.24) is 4.57 Å². The summed E-state index contributed by atoms with van der Waals surface area (Å²) < 4.78 is 2.46. The highest BCUT2D eigenvalue weighted by Gasteiger charge is 2.24. The van der Waals surface area contributed by atoms with Gasteiger partial charge in [0.1, 0.15) is 5.56 Å². The molecule has 0 aliphatic heterocycles. The number of halogens is 1. The first kappa shape index (κ1) is 25.0. The Labute approximate surface area is 205 Å². The second-order valence-corrected chi connectivity index (χ2v) is 10.1. The van der Waals surface area contributed by atoms with Crippen LogP contribution in [0.5, 0.6) is 0 Å². The van der Waals surface area contributed by atoms with E-state index in [0.29, 0.717) is 16.7 Å². The molecular formula is C28H33BrN2O2. The molecule has 1 aromatic heterocycles. The van der Waals surface area contributed by atoms with E-state index in [4.69, 9.17) is 0 Å². The first-order valence-electron chi connectivity index (χ1n) is 11.4. The first-order chi connectivity index (χ1) is 15.5. The van der Waals surface area contributed by atoms with E-state index in [0.717, 1.165) is 28.1 Å². The number of benzene rings is 2. The van der Waals surface area contributed by atoms with Gasteiger partial charge in [0.2, 0.25) is 5.43 Å². The molecule has 0 unspecified atom stereocenters. The lowest BCUT2D eigenvalue weighted by atomic mass is 9.92. The summed E-state index contributed by atoms with van der Waals surface area (Å²) in [5.74, 6) is 0.108. The lowest BCUT2D eigenvalue weighted by molar-refractivity contribution is 0.102. The summed E-state index contributed by atoms with van der Waals surface area (Å²) in [6.07, 6.45) is 0. The van der Waals surface area contributed by atoms with E-state index in [-0.39, 0.29) is 28.7 Å². The van der Waals surface area contributed by atoms with Crippen LogP contribution in [-0.4, -0.2) is 10.5 Å². The van der Waals surface area contributed by atoms with Gasteiger partial charge in [-0.2, -0.15) is 0 Å². The van der Waals surface area contributed by atoms with Gasteiger partial charge in [0, 0.05) is 23.6 Å². The summed E-state index contributed by atoms with van der Waals surface area (Å²) in [5.41, 5.74) is 6.60. The van der Waals surface area contributed by atoms with Crippen molar-refractivity contribution in [3.05, 3.63) is 96.4 Å². The third-order valence-corrected chi connectivity index (χ3v) is 7.11. The molecule has 0 saturated carbocycles. The van der Waals surface area contributed by atoms with Crippen molar-refractivity contribution in [2.75, 3.05) is 5.32 Å². The molecular weight excluding hydrogens is 476 g/mol. The number of hydrogen-bond donors (Lipinski definition) is 1. The molecule has 33 heavy (non-hydrogen) atoms. The maximum atomic E-state index is 13.6. The van der Waals surface area contributed by atoms with Crippen LogP contribution in [0.25, 0.3) is 0 Å². The molecule has 0 aliphatic rings.